The highest BCUT2D eigenvalue weighted by molar-refractivity contribution is 7.53. The van der Waals surface area contributed by atoms with Crippen LogP contribution in [0.4, 0.5) is 0 Å². The summed E-state index contributed by atoms with van der Waals surface area (Å²) >= 11 is 0. The molecule has 33 heavy (non-hydrogen) atoms. The highest BCUT2D eigenvalue weighted by Gasteiger charge is 2.23. The molecule has 0 aromatic heterocycles. The van der Waals surface area contributed by atoms with Crippen LogP contribution >= 0.6 is 7.60 Å². The van der Waals surface area contributed by atoms with Gasteiger partial charge < -0.3 is 18.5 Å². The third-order valence-corrected chi connectivity index (χ3v) is 8.09. The maximum absolute atomic E-state index is 12.8. The molecule has 0 fully saturated rings. The van der Waals surface area contributed by atoms with Crippen molar-refractivity contribution in [1.82, 2.24) is 0 Å². The molecule has 0 amide bonds. The molecular formula is C27H41O5P. The van der Waals surface area contributed by atoms with Crippen LogP contribution in [-0.2, 0) is 31.2 Å². The molecule has 1 unspecified atom stereocenters. The Bertz CT molecular complexity index is 907. The summed E-state index contributed by atoms with van der Waals surface area (Å²) < 4.78 is 34.6. The number of methoxy groups -OCH3 is 1. The van der Waals surface area contributed by atoms with E-state index in [0.29, 0.717) is 31.7 Å². The van der Waals surface area contributed by atoms with E-state index >= 15 is 0 Å². The van der Waals surface area contributed by atoms with Crippen LogP contribution in [0.1, 0.15) is 73.4 Å². The third kappa shape index (κ3) is 7.96. The van der Waals surface area contributed by atoms with Gasteiger partial charge in [-0.15, -0.1) is 0 Å². The number of aryl methyl sites for hydroxylation is 3. The predicted octanol–water partition coefficient (Wildman–Crippen LogP) is 7.20. The normalized spacial score (nSPS) is 12.7. The first-order valence-corrected chi connectivity index (χ1v) is 13.7. The average molecular weight is 477 g/mol. The van der Waals surface area contributed by atoms with Gasteiger partial charge in [0.25, 0.3) is 0 Å². The van der Waals surface area contributed by atoms with Crippen molar-refractivity contribution < 1.29 is 23.1 Å². The molecule has 0 aliphatic rings. The zero-order valence-electron chi connectivity index (χ0n) is 21.4. The van der Waals surface area contributed by atoms with Crippen molar-refractivity contribution in [3.8, 4) is 5.75 Å². The number of hydrogen-bond acceptors (Lipinski definition) is 5. The predicted molar refractivity (Wildman–Crippen MR) is 136 cm³/mol. The standard InChI is InChI=1S/C27H41O5P/c1-8-20(4)26-18-23(11-12-27(26)30-19-29-7)17-25-21(5)15-24(16-22(25)6)13-14-33(28,31-9-2)32-10-3/h11-12,15-16,18,20H,8-10,13-14,17,19H2,1-7H3. The lowest BCUT2D eigenvalue weighted by Gasteiger charge is -2.19. The molecule has 2 aromatic carbocycles. The van der Waals surface area contributed by atoms with Gasteiger partial charge in [0.05, 0.1) is 19.4 Å². The van der Waals surface area contributed by atoms with Gasteiger partial charge in [-0.3, -0.25) is 4.57 Å². The Morgan fingerprint density at radius 2 is 1.58 bits per heavy atom. The summed E-state index contributed by atoms with van der Waals surface area (Å²) in [6, 6.07) is 10.9. The van der Waals surface area contributed by atoms with E-state index in [1.807, 2.05) is 13.8 Å². The Labute approximate surface area is 200 Å². The van der Waals surface area contributed by atoms with E-state index in [9.17, 15) is 4.57 Å². The summed E-state index contributed by atoms with van der Waals surface area (Å²) in [7, 11) is -1.40. The van der Waals surface area contributed by atoms with Gasteiger partial charge in [-0.2, -0.15) is 0 Å². The number of benzene rings is 2. The molecule has 2 aromatic rings. The minimum Gasteiger partial charge on any atom is -0.467 e. The molecule has 0 saturated carbocycles. The fraction of sp³-hybridized carbons (Fsp3) is 0.556. The van der Waals surface area contributed by atoms with Gasteiger partial charge in [-0.05, 0) is 92.3 Å². The van der Waals surface area contributed by atoms with Gasteiger partial charge in [-0.25, -0.2) is 0 Å². The second-order valence-corrected chi connectivity index (χ2v) is 10.7. The molecule has 2 rings (SSSR count). The minimum absolute atomic E-state index is 0.252. The van der Waals surface area contributed by atoms with E-state index in [-0.39, 0.29) is 6.79 Å². The Balaban J connectivity index is 2.22. The monoisotopic (exact) mass is 476 g/mol. The summed E-state index contributed by atoms with van der Waals surface area (Å²) in [5, 5.41) is 0. The van der Waals surface area contributed by atoms with Gasteiger partial charge >= 0.3 is 7.60 Å². The molecule has 0 bridgehead atoms. The molecule has 0 saturated heterocycles. The zero-order valence-corrected chi connectivity index (χ0v) is 22.3. The topological polar surface area (TPSA) is 54.0 Å². The van der Waals surface area contributed by atoms with Crippen LogP contribution in [0.3, 0.4) is 0 Å². The fourth-order valence-corrected chi connectivity index (χ4v) is 5.75. The van der Waals surface area contributed by atoms with E-state index in [4.69, 9.17) is 18.5 Å². The van der Waals surface area contributed by atoms with Gasteiger partial charge in [0.2, 0.25) is 0 Å². The summed E-state index contributed by atoms with van der Waals surface area (Å²) in [4.78, 5) is 0. The maximum Gasteiger partial charge on any atom is 0.330 e. The van der Waals surface area contributed by atoms with Gasteiger partial charge in [-0.1, -0.05) is 38.1 Å². The molecule has 0 N–H and O–H groups in total. The van der Waals surface area contributed by atoms with Crippen molar-refractivity contribution in [2.24, 2.45) is 0 Å². The molecule has 0 aliphatic carbocycles. The van der Waals surface area contributed by atoms with E-state index in [2.05, 4.69) is 58.0 Å². The summed E-state index contributed by atoms with van der Waals surface area (Å²) in [5.41, 5.74) is 7.48. The lowest BCUT2D eigenvalue weighted by molar-refractivity contribution is 0.0502. The maximum atomic E-state index is 12.8. The molecule has 0 spiro atoms. The molecule has 6 heteroatoms. The second-order valence-electron chi connectivity index (χ2n) is 8.54. The van der Waals surface area contributed by atoms with Crippen LogP contribution < -0.4 is 4.74 Å². The van der Waals surface area contributed by atoms with Crippen molar-refractivity contribution in [2.45, 2.75) is 66.7 Å². The highest BCUT2D eigenvalue weighted by Crippen LogP contribution is 2.48. The smallest absolute Gasteiger partial charge is 0.330 e. The van der Waals surface area contributed by atoms with Gasteiger partial charge in [0.15, 0.2) is 6.79 Å². The Hall–Kier alpha value is -1.65. The Kier molecular flexibility index (Phi) is 11.1. The minimum atomic E-state index is -3.03. The second kappa shape index (κ2) is 13.3. The lowest BCUT2D eigenvalue weighted by atomic mass is 9.90. The zero-order chi connectivity index (χ0) is 24.4. The quantitative estimate of drug-likeness (QED) is 0.213. The van der Waals surface area contributed by atoms with E-state index in [1.54, 1.807) is 7.11 Å². The van der Waals surface area contributed by atoms with Crippen LogP contribution in [0.2, 0.25) is 0 Å². The fourth-order valence-electron chi connectivity index (χ4n) is 4.10. The first kappa shape index (κ1) is 27.6. The first-order chi connectivity index (χ1) is 15.8. The van der Waals surface area contributed by atoms with Crippen LogP contribution in [0.15, 0.2) is 30.3 Å². The molecular weight excluding hydrogens is 435 g/mol. The highest BCUT2D eigenvalue weighted by atomic mass is 31.2. The largest absolute Gasteiger partial charge is 0.467 e. The number of ether oxygens (including phenoxy) is 2. The molecule has 5 nitrogen and oxygen atoms in total. The van der Waals surface area contributed by atoms with Crippen LogP contribution in [0, 0.1) is 13.8 Å². The first-order valence-electron chi connectivity index (χ1n) is 12.0. The molecule has 1 atom stereocenters. The third-order valence-electron chi connectivity index (χ3n) is 6.01. The van der Waals surface area contributed by atoms with Gasteiger partial charge in [0, 0.05) is 7.11 Å². The van der Waals surface area contributed by atoms with Crippen LogP contribution in [-0.4, -0.2) is 33.3 Å². The van der Waals surface area contributed by atoms with Crippen LogP contribution in [0.25, 0.3) is 0 Å². The number of hydrogen-bond donors (Lipinski definition) is 0. The van der Waals surface area contributed by atoms with Crippen molar-refractivity contribution in [3.05, 3.63) is 63.7 Å². The molecule has 184 valence electrons. The van der Waals surface area contributed by atoms with Crippen molar-refractivity contribution >= 4 is 7.60 Å². The van der Waals surface area contributed by atoms with Gasteiger partial charge in [0.1, 0.15) is 5.75 Å². The number of rotatable bonds is 14. The van der Waals surface area contributed by atoms with E-state index in [1.165, 1.54) is 27.8 Å². The SMILES string of the molecule is CCOP(=O)(CCc1cc(C)c(Cc2ccc(OCOC)c(C(C)CC)c2)c(C)c1)OCC. The van der Waals surface area contributed by atoms with E-state index < -0.39 is 7.60 Å². The van der Waals surface area contributed by atoms with Crippen molar-refractivity contribution in [3.63, 3.8) is 0 Å². The van der Waals surface area contributed by atoms with Crippen molar-refractivity contribution in [1.29, 1.82) is 0 Å². The van der Waals surface area contributed by atoms with E-state index in [0.717, 1.165) is 24.2 Å². The summed E-state index contributed by atoms with van der Waals surface area (Å²) in [6.45, 7) is 13.5. The Morgan fingerprint density at radius 1 is 0.939 bits per heavy atom. The summed E-state index contributed by atoms with van der Waals surface area (Å²) in [5.74, 6) is 1.31. The molecule has 0 radical (unpaired) electrons. The molecule has 0 aliphatic heterocycles. The molecule has 0 heterocycles. The van der Waals surface area contributed by atoms with Crippen LogP contribution in [0.5, 0.6) is 5.75 Å². The Morgan fingerprint density at radius 3 is 2.12 bits per heavy atom. The van der Waals surface area contributed by atoms with Crippen molar-refractivity contribution in [2.75, 3.05) is 33.3 Å². The average Bonchev–Trinajstić information content (AvgIpc) is 2.79. The lowest BCUT2D eigenvalue weighted by Crippen LogP contribution is -2.06. The summed E-state index contributed by atoms with van der Waals surface area (Å²) in [6.07, 6.45) is 2.98.